The summed E-state index contributed by atoms with van der Waals surface area (Å²) in [5, 5.41) is 0. The Balaban J connectivity index is 2.21. The molecular formula is C21H26IN. The van der Waals surface area contributed by atoms with E-state index >= 15 is 0 Å². The summed E-state index contributed by atoms with van der Waals surface area (Å²) < 4.78 is 2.16. The van der Waals surface area contributed by atoms with Gasteiger partial charge in [-0.1, -0.05) is 103 Å². The summed E-state index contributed by atoms with van der Waals surface area (Å²) in [6, 6.07) is 22.0. The Kier molecular flexibility index (Phi) is 7.83. The minimum atomic E-state index is 0.465. The van der Waals surface area contributed by atoms with E-state index in [1.807, 2.05) is 0 Å². The van der Waals surface area contributed by atoms with E-state index in [2.05, 4.69) is 112 Å². The van der Waals surface area contributed by atoms with Crippen molar-refractivity contribution >= 4 is 22.6 Å². The molecule has 0 fully saturated rings. The van der Waals surface area contributed by atoms with Crippen molar-refractivity contribution in [1.82, 2.24) is 4.90 Å². The molecule has 0 saturated heterocycles. The van der Waals surface area contributed by atoms with Gasteiger partial charge in [0.2, 0.25) is 0 Å². The molecule has 0 amide bonds. The fourth-order valence-electron chi connectivity index (χ4n) is 2.84. The number of nitrogens with zero attached hydrogens (tertiary/aromatic N) is 1. The fourth-order valence-corrected chi connectivity index (χ4v) is 3.32. The lowest BCUT2D eigenvalue weighted by Gasteiger charge is -2.31. The van der Waals surface area contributed by atoms with Crippen LogP contribution in [0.2, 0.25) is 0 Å². The third kappa shape index (κ3) is 6.48. The van der Waals surface area contributed by atoms with Crippen molar-refractivity contribution in [3.8, 4) is 0 Å². The van der Waals surface area contributed by atoms with Crippen molar-refractivity contribution in [2.75, 3.05) is 0 Å². The smallest absolute Gasteiger partial charge is 0.0295 e. The molecule has 0 N–H and O–H groups in total. The highest BCUT2D eigenvalue weighted by Crippen LogP contribution is 2.20. The van der Waals surface area contributed by atoms with Gasteiger partial charge in [0.1, 0.15) is 0 Å². The highest BCUT2D eigenvalue weighted by Gasteiger charge is 2.18. The van der Waals surface area contributed by atoms with Crippen LogP contribution < -0.4 is 0 Å². The van der Waals surface area contributed by atoms with Gasteiger partial charge in [-0.05, 0) is 27.5 Å². The summed E-state index contributed by atoms with van der Waals surface area (Å²) in [4.78, 5) is 2.58. The summed E-state index contributed by atoms with van der Waals surface area (Å²) >= 11 is 2.34. The summed E-state index contributed by atoms with van der Waals surface area (Å²) in [5.74, 6) is 0.682. The summed E-state index contributed by atoms with van der Waals surface area (Å²) in [6.45, 7) is 6.57. The highest BCUT2D eigenvalue weighted by molar-refractivity contribution is 14.1. The second-order valence-corrected chi connectivity index (χ2v) is 7.11. The molecule has 122 valence electrons. The van der Waals surface area contributed by atoms with Crippen LogP contribution in [0.5, 0.6) is 0 Å². The molecule has 2 aromatic carbocycles. The predicted octanol–water partition coefficient (Wildman–Crippen LogP) is 6.05. The maximum atomic E-state index is 2.58. The van der Waals surface area contributed by atoms with Crippen LogP contribution in [0.3, 0.4) is 0 Å². The van der Waals surface area contributed by atoms with Gasteiger partial charge in [-0.25, -0.2) is 0 Å². The summed E-state index contributed by atoms with van der Waals surface area (Å²) in [6.07, 6.45) is 3.52. The van der Waals surface area contributed by atoms with E-state index in [1.165, 1.54) is 17.5 Å². The van der Waals surface area contributed by atoms with E-state index in [9.17, 15) is 0 Å². The minimum Gasteiger partial charge on any atom is -0.288 e. The molecule has 0 radical (unpaired) electrons. The first-order chi connectivity index (χ1) is 11.2. The topological polar surface area (TPSA) is 3.24 Å². The third-order valence-electron chi connectivity index (χ3n) is 3.93. The highest BCUT2D eigenvalue weighted by atomic mass is 127. The molecule has 2 heteroatoms. The lowest BCUT2D eigenvalue weighted by Crippen LogP contribution is -2.34. The Morgan fingerprint density at radius 2 is 1.35 bits per heavy atom. The van der Waals surface area contributed by atoms with Crippen molar-refractivity contribution in [3.05, 3.63) is 81.9 Å². The largest absolute Gasteiger partial charge is 0.288 e. The van der Waals surface area contributed by atoms with Gasteiger partial charge in [-0.2, -0.15) is 0 Å². The number of rotatable bonds is 8. The first-order valence-corrected chi connectivity index (χ1v) is 9.52. The zero-order valence-electron chi connectivity index (χ0n) is 14.0. The molecular weight excluding hydrogens is 393 g/mol. The van der Waals surface area contributed by atoms with Gasteiger partial charge in [-0.3, -0.25) is 4.90 Å². The zero-order chi connectivity index (χ0) is 16.5. The first kappa shape index (κ1) is 18.2. The van der Waals surface area contributed by atoms with E-state index in [0.29, 0.717) is 12.0 Å². The zero-order valence-corrected chi connectivity index (χ0v) is 16.2. The molecule has 0 aliphatic heterocycles. The van der Waals surface area contributed by atoms with Crippen molar-refractivity contribution in [3.63, 3.8) is 0 Å². The summed E-state index contributed by atoms with van der Waals surface area (Å²) in [7, 11) is 0. The van der Waals surface area contributed by atoms with Gasteiger partial charge in [0, 0.05) is 19.1 Å². The molecule has 1 nitrogen and oxygen atoms in total. The van der Waals surface area contributed by atoms with Gasteiger partial charge in [-0.15, -0.1) is 0 Å². The van der Waals surface area contributed by atoms with Crippen LogP contribution in [-0.4, -0.2) is 10.9 Å². The molecule has 0 aromatic heterocycles. The molecule has 0 heterocycles. The lowest BCUT2D eigenvalue weighted by atomic mass is 10.0. The van der Waals surface area contributed by atoms with Crippen molar-refractivity contribution < 1.29 is 0 Å². The van der Waals surface area contributed by atoms with Gasteiger partial charge < -0.3 is 0 Å². The van der Waals surface area contributed by atoms with Crippen LogP contribution in [0.1, 0.15) is 31.4 Å². The monoisotopic (exact) mass is 419 g/mol. The second-order valence-electron chi connectivity index (χ2n) is 6.39. The van der Waals surface area contributed by atoms with Crippen molar-refractivity contribution in [2.45, 2.75) is 39.4 Å². The Labute approximate surface area is 154 Å². The Morgan fingerprint density at radius 3 is 1.74 bits per heavy atom. The molecule has 0 aliphatic carbocycles. The Morgan fingerprint density at radius 1 is 0.870 bits per heavy atom. The molecule has 0 bridgehead atoms. The normalized spacial score (nSPS) is 13.1. The summed E-state index contributed by atoms with van der Waals surface area (Å²) in [5.41, 5.74) is 2.75. The quantitative estimate of drug-likeness (QED) is 0.471. The molecule has 2 aromatic rings. The molecule has 23 heavy (non-hydrogen) atoms. The molecule has 0 spiro atoms. The van der Waals surface area contributed by atoms with E-state index in [-0.39, 0.29) is 0 Å². The van der Waals surface area contributed by atoms with E-state index in [4.69, 9.17) is 0 Å². The Hall–Kier alpha value is -1.13. The van der Waals surface area contributed by atoms with Crippen molar-refractivity contribution in [1.29, 1.82) is 0 Å². The molecule has 0 saturated carbocycles. The SMILES string of the molecule is CC(C)C[C@@H](/C=C/I)N(Cc1ccccc1)Cc1ccccc1. The van der Waals surface area contributed by atoms with Crippen molar-refractivity contribution in [2.24, 2.45) is 5.92 Å². The van der Waals surface area contributed by atoms with Crippen LogP contribution in [0.4, 0.5) is 0 Å². The van der Waals surface area contributed by atoms with Crippen LogP contribution >= 0.6 is 22.6 Å². The van der Waals surface area contributed by atoms with E-state index < -0.39 is 0 Å². The minimum absolute atomic E-state index is 0.465. The van der Waals surface area contributed by atoms with Crippen LogP contribution in [0, 0.1) is 5.92 Å². The maximum absolute atomic E-state index is 2.58. The molecule has 0 aliphatic rings. The standard InChI is InChI=1S/C21H26IN/c1-18(2)15-21(13-14-22)23(16-19-9-5-3-6-10-19)17-20-11-7-4-8-12-20/h3-14,18,21H,15-17H2,1-2H3/b14-13+/t21-/m1/s1. The maximum Gasteiger partial charge on any atom is 0.0295 e. The number of hydrogen-bond donors (Lipinski definition) is 0. The average molecular weight is 419 g/mol. The lowest BCUT2D eigenvalue weighted by molar-refractivity contribution is 0.189. The number of hydrogen-bond acceptors (Lipinski definition) is 1. The van der Waals surface area contributed by atoms with Gasteiger partial charge in [0.25, 0.3) is 0 Å². The third-order valence-corrected chi connectivity index (χ3v) is 4.35. The molecule has 0 unspecified atom stereocenters. The Bertz CT molecular complexity index is 536. The first-order valence-electron chi connectivity index (χ1n) is 8.28. The van der Waals surface area contributed by atoms with E-state index in [0.717, 1.165) is 13.1 Å². The molecule has 1 atom stereocenters. The van der Waals surface area contributed by atoms with E-state index in [1.54, 1.807) is 0 Å². The van der Waals surface area contributed by atoms with Gasteiger partial charge in [0.15, 0.2) is 0 Å². The van der Waals surface area contributed by atoms with Crippen LogP contribution in [0.25, 0.3) is 0 Å². The van der Waals surface area contributed by atoms with Crippen LogP contribution in [-0.2, 0) is 13.1 Å². The average Bonchev–Trinajstić information content (AvgIpc) is 2.55. The number of benzene rings is 2. The fraction of sp³-hybridized carbons (Fsp3) is 0.333. The van der Waals surface area contributed by atoms with Gasteiger partial charge in [0.05, 0.1) is 0 Å². The number of halogens is 1. The predicted molar refractivity (Wildman–Crippen MR) is 109 cm³/mol. The van der Waals surface area contributed by atoms with Crippen LogP contribution in [0.15, 0.2) is 70.8 Å². The second kappa shape index (κ2) is 9.89. The van der Waals surface area contributed by atoms with Gasteiger partial charge >= 0.3 is 0 Å². The molecule has 2 rings (SSSR count).